The van der Waals surface area contributed by atoms with Gasteiger partial charge >= 0.3 is 0 Å². The smallest absolute Gasteiger partial charge is 0.244 e. The lowest BCUT2D eigenvalue weighted by atomic mass is 10.1. The monoisotopic (exact) mass is 215 g/mol. The fourth-order valence-corrected chi connectivity index (χ4v) is 1.27. The molecule has 0 radical (unpaired) electrons. The molecule has 0 aliphatic carbocycles. The SMILES string of the molecule is C=CCNC(=O)C=Cc1ccc(CC)cc1. The minimum atomic E-state index is -0.0977. The molecule has 1 aromatic carbocycles. The molecule has 1 rings (SSSR count). The summed E-state index contributed by atoms with van der Waals surface area (Å²) in [6.45, 7) is 6.15. The van der Waals surface area contributed by atoms with Crippen LogP contribution in [0.2, 0.25) is 0 Å². The van der Waals surface area contributed by atoms with E-state index in [2.05, 4.69) is 31.0 Å². The van der Waals surface area contributed by atoms with Crippen LogP contribution in [0.25, 0.3) is 6.08 Å². The van der Waals surface area contributed by atoms with Crippen LogP contribution in [0.15, 0.2) is 43.0 Å². The maximum Gasteiger partial charge on any atom is 0.244 e. The van der Waals surface area contributed by atoms with Crippen LogP contribution >= 0.6 is 0 Å². The molecule has 0 bridgehead atoms. The van der Waals surface area contributed by atoms with E-state index in [0.29, 0.717) is 6.54 Å². The van der Waals surface area contributed by atoms with Gasteiger partial charge in [-0.15, -0.1) is 6.58 Å². The molecule has 2 nitrogen and oxygen atoms in total. The largest absolute Gasteiger partial charge is 0.349 e. The van der Waals surface area contributed by atoms with Crippen molar-refractivity contribution in [1.82, 2.24) is 5.32 Å². The van der Waals surface area contributed by atoms with Crippen LogP contribution in [0.3, 0.4) is 0 Å². The first-order chi connectivity index (χ1) is 7.76. The number of aryl methyl sites for hydroxylation is 1. The molecule has 0 aliphatic rings. The average molecular weight is 215 g/mol. The molecule has 1 N–H and O–H groups in total. The summed E-state index contributed by atoms with van der Waals surface area (Å²) in [5.74, 6) is -0.0977. The number of hydrogen-bond donors (Lipinski definition) is 1. The van der Waals surface area contributed by atoms with E-state index in [1.54, 1.807) is 12.2 Å². The lowest BCUT2D eigenvalue weighted by Crippen LogP contribution is -2.20. The first-order valence-corrected chi connectivity index (χ1v) is 5.42. The summed E-state index contributed by atoms with van der Waals surface area (Å²) in [4.78, 5) is 11.3. The zero-order valence-electron chi connectivity index (χ0n) is 9.57. The average Bonchev–Trinajstić information content (AvgIpc) is 2.34. The standard InChI is InChI=1S/C14H17NO/c1-3-11-15-14(16)10-9-13-7-5-12(4-2)6-8-13/h3,5-10H,1,4,11H2,2H3,(H,15,16). The predicted octanol–water partition coefficient (Wildman–Crippen LogP) is 2.56. The van der Waals surface area contributed by atoms with Gasteiger partial charge in [0.1, 0.15) is 0 Å². The van der Waals surface area contributed by atoms with E-state index in [0.717, 1.165) is 12.0 Å². The summed E-state index contributed by atoms with van der Waals surface area (Å²) in [5.41, 5.74) is 2.33. The number of amides is 1. The van der Waals surface area contributed by atoms with E-state index in [9.17, 15) is 4.79 Å². The Hall–Kier alpha value is -1.83. The zero-order valence-corrected chi connectivity index (χ0v) is 9.57. The van der Waals surface area contributed by atoms with Crippen molar-refractivity contribution in [3.8, 4) is 0 Å². The summed E-state index contributed by atoms with van der Waals surface area (Å²) in [6, 6.07) is 8.16. The fraction of sp³-hybridized carbons (Fsp3) is 0.214. The van der Waals surface area contributed by atoms with Gasteiger partial charge in [0, 0.05) is 12.6 Å². The van der Waals surface area contributed by atoms with Gasteiger partial charge in [0.15, 0.2) is 0 Å². The minimum absolute atomic E-state index is 0.0977. The Morgan fingerprint density at radius 3 is 2.62 bits per heavy atom. The highest BCUT2D eigenvalue weighted by atomic mass is 16.1. The molecule has 1 aromatic rings. The third kappa shape index (κ3) is 4.13. The number of rotatable bonds is 5. The van der Waals surface area contributed by atoms with Crippen LogP contribution in [0.1, 0.15) is 18.1 Å². The second kappa shape index (κ2) is 6.62. The number of nitrogens with one attached hydrogen (secondary N) is 1. The highest BCUT2D eigenvalue weighted by Crippen LogP contribution is 2.06. The molecule has 0 aliphatic heterocycles. The van der Waals surface area contributed by atoms with E-state index in [1.165, 1.54) is 11.6 Å². The van der Waals surface area contributed by atoms with Crippen LogP contribution in [-0.2, 0) is 11.2 Å². The molecule has 1 amide bonds. The Balaban J connectivity index is 2.55. The molecule has 0 saturated carbocycles. The third-order valence-electron chi connectivity index (χ3n) is 2.24. The molecule has 0 saturated heterocycles. The number of benzene rings is 1. The molecule has 84 valence electrons. The lowest BCUT2D eigenvalue weighted by Gasteiger charge is -1.98. The van der Waals surface area contributed by atoms with Crippen LogP contribution in [0.5, 0.6) is 0 Å². The van der Waals surface area contributed by atoms with Crippen LogP contribution in [0, 0.1) is 0 Å². The first-order valence-electron chi connectivity index (χ1n) is 5.42. The van der Waals surface area contributed by atoms with Crippen molar-refractivity contribution in [3.05, 3.63) is 54.1 Å². The Labute approximate surface area is 96.7 Å². The van der Waals surface area contributed by atoms with Gasteiger partial charge in [-0.25, -0.2) is 0 Å². The molecule has 0 unspecified atom stereocenters. The van der Waals surface area contributed by atoms with Gasteiger partial charge in [-0.1, -0.05) is 37.3 Å². The Morgan fingerprint density at radius 2 is 2.06 bits per heavy atom. The van der Waals surface area contributed by atoms with Crippen molar-refractivity contribution in [3.63, 3.8) is 0 Å². The van der Waals surface area contributed by atoms with Crippen LogP contribution < -0.4 is 5.32 Å². The number of carbonyl (C=O) groups is 1. The molecule has 0 fully saturated rings. The van der Waals surface area contributed by atoms with Gasteiger partial charge in [-0.3, -0.25) is 4.79 Å². The van der Waals surface area contributed by atoms with E-state index in [1.807, 2.05) is 12.1 Å². The molecule has 16 heavy (non-hydrogen) atoms. The fourth-order valence-electron chi connectivity index (χ4n) is 1.27. The Morgan fingerprint density at radius 1 is 1.38 bits per heavy atom. The highest BCUT2D eigenvalue weighted by molar-refractivity contribution is 5.91. The zero-order chi connectivity index (χ0) is 11.8. The van der Waals surface area contributed by atoms with Crippen molar-refractivity contribution in [2.75, 3.05) is 6.54 Å². The van der Waals surface area contributed by atoms with E-state index in [4.69, 9.17) is 0 Å². The summed E-state index contributed by atoms with van der Waals surface area (Å²) in [6.07, 6.45) is 6.02. The molecular weight excluding hydrogens is 198 g/mol. The molecular formula is C14H17NO. The maximum atomic E-state index is 11.3. The van der Waals surface area contributed by atoms with Gasteiger partial charge < -0.3 is 5.32 Å². The van der Waals surface area contributed by atoms with E-state index >= 15 is 0 Å². The van der Waals surface area contributed by atoms with E-state index < -0.39 is 0 Å². The molecule has 0 atom stereocenters. The van der Waals surface area contributed by atoms with Crippen molar-refractivity contribution in [2.24, 2.45) is 0 Å². The van der Waals surface area contributed by atoms with E-state index in [-0.39, 0.29) is 5.91 Å². The summed E-state index contributed by atoms with van der Waals surface area (Å²) < 4.78 is 0. The maximum absolute atomic E-state index is 11.3. The summed E-state index contributed by atoms with van der Waals surface area (Å²) in [5, 5.41) is 2.68. The lowest BCUT2D eigenvalue weighted by molar-refractivity contribution is -0.116. The topological polar surface area (TPSA) is 29.1 Å². The van der Waals surface area contributed by atoms with Crippen LogP contribution in [0.4, 0.5) is 0 Å². The minimum Gasteiger partial charge on any atom is -0.349 e. The Bertz CT molecular complexity index is 376. The van der Waals surface area contributed by atoms with Gasteiger partial charge in [-0.05, 0) is 23.6 Å². The summed E-state index contributed by atoms with van der Waals surface area (Å²) in [7, 11) is 0. The highest BCUT2D eigenvalue weighted by Gasteiger charge is 1.92. The quantitative estimate of drug-likeness (QED) is 0.593. The second-order valence-corrected chi connectivity index (χ2v) is 3.46. The van der Waals surface area contributed by atoms with Crippen molar-refractivity contribution < 1.29 is 4.79 Å². The van der Waals surface area contributed by atoms with Crippen LogP contribution in [-0.4, -0.2) is 12.5 Å². The second-order valence-electron chi connectivity index (χ2n) is 3.46. The number of hydrogen-bond acceptors (Lipinski definition) is 1. The van der Waals surface area contributed by atoms with Crippen molar-refractivity contribution in [1.29, 1.82) is 0 Å². The molecule has 2 heteroatoms. The van der Waals surface area contributed by atoms with Gasteiger partial charge in [-0.2, -0.15) is 0 Å². The molecule has 0 aromatic heterocycles. The van der Waals surface area contributed by atoms with Gasteiger partial charge in [0.2, 0.25) is 5.91 Å². The van der Waals surface area contributed by atoms with Gasteiger partial charge in [0.25, 0.3) is 0 Å². The first kappa shape index (κ1) is 12.2. The van der Waals surface area contributed by atoms with Crippen molar-refractivity contribution in [2.45, 2.75) is 13.3 Å². The summed E-state index contributed by atoms with van der Waals surface area (Å²) >= 11 is 0. The Kier molecular flexibility index (Phi) is 5.06. The normalized spacial score (nSPS) is 10.3. The molecule has 0 heterocycles. The molecule has 0 spiro atoms. The number of carbonyl (C=O) groups excluding carboxylic acids is 1. The van der Waals surface area contributed by atoms with Gasteiger partial charge in [0.05, 0.1) is 0 Å². The third-order valence-corrected chi connectivity index (χ3v) is 2.24. The predicted molar refractivity (Wildman–Crippen MR) is 68.1 cm³/mol. The van der Waals surface area contributed by atoms with Crippen molar-refractivity contribution >= 4 is 12.0 Å².